The molecule has 0 radical (unpaired) electrons. The molecule has 32 heavy (non-hydrogen) atoms. The number of aromatic nitrogens is 2. The van der Waals surface area contributed by atoms with Gasteiger partial charge in [-0.15, -0.1) is 0 Å². The maximum Gasteiger partial charge on any atom is 0.227 e. The fourth-order valence-corrected chi connectivity index (χ4v) is 4.57. The molecule has 164 valence electrons. The van der Waals surface area contributed by atoms with Crippen LogP contribution >= 0.6 is 0 Å². The summed E-state index contributed by atoms with van der Waals surface area (Å²) < 4.78 is 6.29. The predicted molar refractivity (Wildman–Crippen MR) is 127 cm³/mol. The van der Waals surface area contributed by atoms with E-state index in [9.17, 15) is 0 Å². The van der Waals surface area contributed by atoms with E-state index in [1.54, 1.807) is 0 Å². The number of anilines is 2. The Bertz CT molecular complexity index is 1170. The van der Waals surface area contributed by atoms with Crippen LogP contribution in [0.25, 0.3) is 10.9 Å². The van der Waals surface area contributed by atoms with Crippen molar-refractivity contribution in [3.8, 4) is 5.75 Å². The standard InChI is InChI=1S/C25H28N6O/c1-31-15-20(13-28-31)18-9-21(11-23(10-18)32-22-6-7-26-14-22)29-25-27-12-19-8-17(16-2-3-16)4-5-24(19)30-25/h4-5,8-13,16,20,22,26H,2-3,6-7,14-15H2,1H3,(H,27,29,30)/t20?,22-/m0/s1. The number of hydrogen-bond donors (Lipinski definition) is 2. The van der Waals surface area contributed by atoms with Crippen LogP contribution in [0.5, 0.6) is 5.75 Å². The van der Waals surface area contributed by atoms with Crippen molar-refractivity contribution in [1.29, 1.82) is 0 Å². The molecule has 7 heteroatoms. The minimum absolute atomic E-state index is 0.204. The van der Waals surface area contributed by atoms with Gasteiger partial charge in [-0.05, 0) is 67.1 Å². The third-order valence-electron chi connectivity index (χ3n) is 6.49. The van der Waals surface area contributed by atoms with Crippen molar-refractivity contribution in [2.45, 2.75) is 37.2 Å². The average Bonchev–Trinajstić information content (AvgIpc) is 3.35. The van der Waals surface area contributed by atoms with Gasteiger partial charge in [-0.2, -0.15) is 5.10 Å². The molecule has 2 atom stereocenters. The topological polar surface area (TPSA) is 74.7 Å². The second-order valence-electron chi connectivity index (χ2n) is 9.15. The summed E-state index contributed by atoms with van der Waals surface area (Å²) in [5.41, 5.74) is 4.47. The van der Waals surface area contributed by atoms with Crippen LogP contribution in [0.3, 0.4) is 0 Å². The number of nitrogens with zero attached hydrogens (tertiary/aromatic N) is 4. The molecule has 2 fully saturated rings. The highest BCUT2D eigenvalue weighted by atomic mass is 16.5. The first-order chi connectivity index (χ1) is 15.7. The number of benzene rings is 2. The van der Waals surface area contributed by atoms with Crippen molar-refractivity contribution in [3.63, 3.8) is 0 Å². The van der Waals surface area contributed by atoms with Crippen LogP contribution in [0.1, 0.15) is 42.2 Å². The number of rotatable bonds is 6. The van der Waals surface area contributed by atoms with Crippen LogP contribution < -0.4 is 15.4 Å². The normalized spacial score (nSPS) is 22.6. The lowest BCUT2D eigenvalue weighted by atomic mass is 10.00. The number of nitrogens with one attached hydrogen (secondary N) is 2. The van der Waals surface area contributed by atoms with E-state index >= 15 is 0 Å². The van der Waals surface area contributed by atoms with Crippen molar-refractivity contribution in [1.82, 2.24) is 20.3 Å². The zero-order chi connectivity index (χ0) is 21.5. The summed E-state index contributed by atoms with van der Waals surface area (Å²) in [5, 5.41) is 14.2. The van der Waals surface area contributed by atoms with Gasteiger partial charge in [0.15, 0.2) is 0 Å². The van der Waals surface area contributed by atoms with E-state index in [0.717, 1.165) is 54.3 Å². The second-order valence-corrected chi connectivity index (χ2v) is 9.15. The summed E-state index contributed by atoms with van der Waals surface area (Å²) in [6, 6.07) is 12.9. The first-order valence-corrected chi connectivity index (χ1v) is 11.5. The number of ether oxygens (including phenoxy) is 1. The number of hydrazone groups is 1. The molecule has 3 aromatic rings. The van der Waals surface area contributed by atoms with Crippen LogP contribution in [0, 0.1) is 0 Å². The van der Waals surface area contributed by atoms with Crippen LogP contribution in [-0.2, 0) is 0 Å². The van der Waals surface area contributed by atoms with Gasteiger partial charge in [-0.1, -0.05) is 6.07 Å². The highest BCUT2D eigenvalue weighted by Crippen LogP contribution is 2.40. The minimum atomic E-state index is 0.204. The first kappa shape index (κ1) is 19.5. The Kier molecular flexibility index (Phi) is 4.91. The van der Waals surface area contributed by atoms with E-state index < -0.39 is 0 Å². The zero-order valence-corrected chi connectivity index (χ0v) is 18.3. The molecule has 0 bridgehead atoms. The fraction of sp³-hybridized carbons (Fsp3) is 0.400. The Balaban J connectivity index is 1.28. The molecule has 0 spiro atoms. The molecule has 1 unspecified atom stereocenters. The largest absolute Gasteiger partial charge is 0.489 e. The van der Waals surface area contributed by atoms with Gasteiger partial charge in [0.1, 0.15) is 11.9 Å². The third kappa shape index (κ3) is 4.12. The van der Waals surface area contributed by atoms with Crippen molar-refractivity contribution in [3.05, 3.63) is 53.7 Å². The molecule has 2 N–H and O–H groups in total. The van der Waals surface area contributed by atoms with Crippen LogP contribution in [0.4, 0.5) is 11.6 Å². The smallest absolute Gasteiger partial charge is 0.227 e. The van der Waals surface area contributed by atoms with Gasteiger partial charge in [0.25, 0.3) is 0 Å². The summed E-state index contributed by atoms with van der Waals surface area (Å²) in [4.78, 5) is 9.34. The van der Waals surface area contributed by atoms with E-state index in [0.29, 0.717) is 5.95 Å². The number of likely N-dealkylation sites (N-methyl/N-ethyl adjacent to an activating group) is 1. The summed E-state index contributed by atoms with van der Waals surface area (Å²) in [6.45, 7) is 2.75. The molecular formula is C25H28N6O. The van der Waals surface area contributed by atoms with Gasteiger partial charge < -0.3 is 15.4 Å². The molecule has 1 aliphatic carbocycles. The third-order valence-corrected chi connectivity index (χ3v) is 6.49. The average molecular weight is 429 g/mol. The van der Waals surface area contributed by atoms with Gasteiger partial charge in [0.05, 0.1) is 5.52 Å². The second kappa shape index (κ2) is 8.06. The minimum Gasteiger partial charge on any atom is -0.489 e. The molecule has 6 rings (SSSR count). The van der Waals surface area contributed by atoms with Gasteiger partial charge in [0.2, 0.25) is 5.95 Å². The molecule has 3 aliphatic rings. The highest BCUT2D eigenvalue weighted by molar-refractivity contribution is 5.80. The summed E-state index contributed by atoms with van der Waals surface area (Å²) >= 11 is 0. The summed E-state index contributed by atoms with van der Waals surface area (Å²) in [5.74, 6) is 2.44. The van der Waals surface area contributed by atoms with E-state index in [4.69, 9.17) is 9.72 Å². The van der Waals surface area contributed by atoms with Gasteiger partial charge in [0, 0.05) is 55.6 Å². The Morgan fingerprint density at radius 3 is 2.81 bits per heavy atom. The maximum absolute atomic E-state index is 6.29. The molecule has 1 saturated carbocycles. The molecule has 7 nitrogen and oxygen atoms in total. The lowest BCUT2D eigenvalue weighted by Crippen LogP contribution is -2.20. The van der Waals surface area contributed by atoms with E-state index in [1.807, 2.05) is 30.5 Å². The van der Waals surface area contributed by atoms with Crippen LogP contribution in [0.15, 0.2) is 47.7 Å². The number of hydrogen-bond acceptors (Lipinski definition) is 7. The van der Waals surface area contributed by atoms with E-state index in [-0.39, 0.29) is 12.0 Å². The summed E-state index contributed by atoms with van der Waals surface area (Å²) in [6.07, 6.45) is 7.74. The van der Waals surface area contributed by atoms with Gasteiger partial charge >= 0.3 is 0 Å². The van der Waals surface area contributed by atoms with Crippen molar-refractivity contribution in [2.75, 3.05) is 32.0 Å². The first-order valence-electron chi connectivity index (χ1n) is 11.5. The molecule has 1 saturated heterocycles. The maximum atomic E-state index is 6.29. The highest BCUT2D eigenvalue weighted by Gasteiger charge is 2.24. The summed E-state index contributed by atoms with van der Waals surface area (Å²) in [7, 11) is 2.00. The van der Waals surface area contributed by atoms with E-state index in [2.05, 4.69) is 51.1 Å². The molecule has 1 aromatic heterocycles. The number of fused-ring (bicyclic) bond motifs is 1. The van der Waals surface area contributed by atoms with Crippen LogP contribution in [0.2, 0.25) is 0 Å². The molecule has 2 aliphatic heterocycles. The van der Waals surface area contributed by atoms with Crippen molar-refractivity contribution in [2.24, 2.45) is 5.10 Å². The molecule has 0 amide bonds. The predicted octanol–water partition coefficient (Wildman–Crippen LogP) is 4.01. The van der Waals surface area contributed by atoms with E-state index in [1.165, 1.54) is 24.0 Å². The van der Waals surface area contributed by atoms with Gasteiger partial charge in [-0.3, -0.25) is 5.01 Å². The van der Waals surface area contributed by atoms with Gasteiger partial charge in [-0.25, -0.2) is 9.97 Å². The SMILES string of the molecule is CN1CC(c2cc(Nc3ncc4cc(C5CC5)ccc4n3)cc(O[C@H]3CCNC3)c2)C=N1. The molecule has 2 aromatic carbocycles. The molecular weight excluding hydrogens is 400 g/mol. The van der Waals surface area contributed by atoms with Crippen LogP contribution in [-0.4, -0.2) is 54.0 Å². The molecule has 3 heterocycles. The monoisotopic (exact) mass is 428 g/mol. The lowest BCUT2D eigenvalue weighted by Gasteiger charge is -2.18. The van der Waals surface area contributed by atoms with Crippen molar-refractivity contribution < 1.29 is 4.74 Å². The zero-order valence-electron chi connectivity index (χ0n) is 18.3. The fourth-order valence-electron chi connectivity index (χ4n) is 4.57. The Labute approximate surface area is 187 Å². The quantitative estimate of drug-likeness (QED) is 0.618. The van der Waals surface area contributed by atoms with Crippen molar-refractivity contribution >= 4 is 28.8 Å². The lowest BCUT2D eigenvalue weighted by molar-refractivity contribution is 0.223. The Morgan fingerprint density at radius 1 is 1.09 bits per heavy atom. The Hall–Kier alpha value is -3.19. The Morgan fingerprint density at radius 2 is 2.03 bits per heavy atom.